The molecule has 3 heterocycles. The van der Waals surface area contributed by atoms with Gasteiger partial charge in [0, 0.05) is 31.8 Å². The van der Waals surface area contributed by atoms with Crippen molar-refractivity contribution in [1.29, 1.82) is 0 Å². The molecule has 96 valence electrons. The van der Waals surface area contributed by atoms with E-state index in [9.17, 15) is 0 Å². The lowest BCUT2D eigenvalue weighted by Gasteiger charge is -2.21. The highest BCUT2D eigenvalue weighted by atomic mass is 16.4. The number of nitrogens with zero attached hydrogens (tertiary/aromatic N) is 5. The molecule has 1 aliphatic heterocycles. The minimum atomic E-state index is 0.422. The summed E-state index contributed by atoms with van der Waals surface area (Å²) in [6.07, 6.45) is 6.40. The third kappa shape index (κ3) is 2.15. The quantitative estimate of drug-likeness (QED) is 0.821. The van der Waals surface area contributed by atoms with E-state index in [1.54, 1.807) is 0 Å². The van der Waals surface area contributed by atoms with Crippen LogP contribution in [0.15, 0.2) is 16.8 Å². The summed E-state index contributed by atoms with van der Waals surface area (Å²) in [5, 5.41) is 12.2. The van der Waals surface area contributed by atoms with Gasteiger partial charge in [-0.3, -0.25) is 9.58 Å². The van der Waals surface area contributed by atoms with Crippen LogP contribution in [0, 0.1) is 6.92 Å². The van der Waals surface area contributed by atoms with E-state index >= 15 is 0 Å². The highest BCUT2D eigenvalue weighted by Gasteiger charge is 2.28. The van der Waals surface area contributed by atoms with Crippen molar-refractivity contribution in [3.8, 4) is 0 Å². The van der Waals surface area contributed by atoms with Crippen LogP contribution in [0.25, 0.3) is 0 Å². The number of rotatable bonds is 3. The van der Waals surface area contributed by atoms with Crippen molar-refractivity contribution in [2.45, 2.75) is 32.4 Å². The summed E-state index contributed by atoms with van der Waals surface area (Å²) in [6.45, 7) is 3.61. The second kappa shape index (κ2) is 4.53. The molecule has 0 aliphatic carbocycles. The molecule has 2 aromatic heterocycles. The average molecular weight is 247 g/mol. The summed E-state index contributed by atoms with van der Waals surface area (Å²) in [5.74, 6) is 1.32. The minimum Gasteiger partial charge on any atom is -0.424 e. The Morgan fingerprint density at radius 1 is 1.44 bits per heavy atom. The van der Waals surface area contributed by atoms with Crippen LogP contribution in [0.5, 0.6) is 0 Å². The summed E-state index contributed by atoms with van der Waals surface area (Å²) < 4.78 is 7.30. The van der Waals surface area contributed by atoms with Gasteiger partial charge in [-0.1, -0.05) is 0 Å². The van der Waals surface area contributed by atoms with Crippen molar-refractivity contribution >= 4 is 0 Å². The van der Waals surface area contributed by atoms with Gasteiger partial charge in [-0.2, -0.15) is 5.10 Å². The number of aromatic nitrogens is 4. The Morgan fingerprint density at radius 2 is 2.33 bits per heavy atom. The highest BCUT2D eigenvalue weighted by molar-refractivity contribution is 5.12. The number of aryl methyl sites for hydroxylation is 2. The van der Waals surface area contributed by atoms with E-state index in [-0.39, 0.29) is 0 Å². The van der Waals surface area contributed by atoms with Gasteiger partial charge in [0.1, 0.15) is 0 Å². The first-order chi connectivity index (χ1) is 8.72. The molecule has 3 rings (SSSR count). The summed E-state index contributed by atoms with van der Waals surface area (Å²) in [5.41, 5.74) is 1.27. The zero-order valence-corrected chi connectivity index (χ0v) is 10.7. The monoisotopic (exact) mass is 247 g/mol. The maximum atomic E-state index is 5.45. The molecular formula is C12H17N5O. The number of hydrogen-bond acceptors (Lipinski definition) is 5. The van der Waals surface area contributed by atoms with Crippen LogP contribution in [0.1, 0.15) is 36.2 Å². The molecular weight excluding hydrogens is 230 g/mol. The molecule has 1 atom stereocenters. The standard InChI is InChI=1S/C12H17N5O/c1-9-14-15-12(18-9)8-17-5-3-4-11(17)10-6-13-16(2)7-10/h6-7,11H,3-5,8H2,1-2H3/t11-/m1/s1. The highest BCUT2D eigenvalue weighted by Crippen LogP contribution is 2.32. The normalized spacial score (nSPS) is 20.7. The van der Waals surface area contributed by atoms with Crippen molar-refractivity contribution < 1.29 is 4.42 Å². The maximum absolute atomic E-state index is 5.45. The molecule has 0 N–H and O–H groups in total. The average Bonchev–Trinajstić information content (AvgIpc) is 3.01. The molecule has 0 bridgehead atoms. The number of likely N-dealkylation sites (tertiary alicyclic amines) is 1. The fourth-order valence-corrected chi connectivity index (χ4v) is 2.58. The Morgan fingerprint density at radius 3 is 3.00 bits per heavy atom. The lowest BCUT2D eigenvalue weighted by atomic mass is 10.1. The molecule has 1 aliphatic rings. The third-order valence-electron chi connectivity index (χ3n) is 3.38. The first-order valence-corrected chi connectivity index (χ1v) is 6.24. The molecule has 6 heteroatoms. The fraction of sp³-hybridized carbons (Fsp3) is 0.583. The largest absolute Gasteiger partial charge is 0.424 e. The van der Waals surface area contributed by atoms with E-state index in [1.165, 1.54) is 18.4 Å². The molecule has 18 heavy (non-hydrogen) atoms. The zero-order valence-electron chi connectivity index (χ0n) is 10.7. The molecule has 0 amide bonds. The van der Waals surface area contributed by atoms with Crippen LogP contribution in [0.4, 0.5) is 0 Å². The molecule has 0 spiro atoms. The molecule has 0 radical (unpaired) electrons. The first kappa shape index (κ1) is 11.4. The lowest BCUT2D eigenvalue weighted by molar-refractivity contribution is 0.222. The predicted octanol–water partition coefficient (Wildman–Crippen LogP) is 1.45. The van der Waals surface area contributed by atoms with Gasteiger partial charge in [-0.25, -0.2) is 0 Å². The maximum Gasteiger partial charge on any atom is 0.230 e. The molecule has 6 nitrogen and oxygen atoms in total. The van der Waals surface area contributed by atoms with Gasteiger partial charge in [0.15, 0.2) is 0 Å². The van der Waals surface area contributed by atoms with E-state index < -0.39 is 0 Å². The van der Waals surface area contributed by atoms with Crippen molar-refractivity contribution in [2.24, 2.45) is 7.05 Å². The summed E-state index contributed by atoms with van der Waals surface area (Å²) in [7, 11) is 1.95. The zero-order chi connectivity index (χ0) is 12.5. The van der Waals surface area contributed by atoms with Crippen LogP contribution >= 0.6 is 0 Å². The Kier molecular flexibility index (Phi) is 2.87. The van der Waals surface area contributed by atoms with Gasteiger partial charge in [0.25, 0.3) is 0 Å². The molecule has 2 aromatic rings. The molecule has 1 saturated heterocycles. The van der Waals surface area contributed by atoms with Crippen LogP contribution in [0.3, 0.4) is 0 Å². The smallest absolute Gasteiger partial charge is 0.230 e. The second-order valence-electron chi connectivity index (χ2n) is 4.79. The molecule has 0 saturated carbocycles. The molecule has 1 fully saturated rings. The van der Waals surface area contributed by atoms with Gasteiger partial charge in [0.05, 0.1) is 12.7 Å². The first-order valence-electron chi connectivity index (χ1n) is 6.24. The van der Waals surface area contributed by atoms with Crippen molar-refractivity contribution in [1.82, 2.24) is 24.9 Å². The van der Waals surface area contributed by atoms with Gasteiger partial charge in [-0.15, -0.1) is 10.2 Å². The Labute approximate surface area is 106 Å². The summed E-state index contributed by atoms with van der Waals surface area (Å²) in [6, 6.07) is 0.422. The SMILES string of the molecule is Cc1nnc(CN2CCC[C@@H]2c2cnn(C)c2)o1. The van der Waals surface area contributed by atoms with Crippen molar-refractivity contribution in [3.05, 3.63) is 29.7 Å². The van der Waals surface area contributed by atoms with Gasteiger partial charge >= 0.3 is 0 Å². The molecule has 0 aromatic carbocycles. The predicted molar refractivity (Wildman–Crippen MR) is 64.6 cm³/mol. The van der Waals surface area contributed by atoms with E-state index in [0.717, 1.165) is 13.1 Å². The van der Waals surface area contributed by atoms with E-state index in [4.69, 9.17) is 4.42 Å². The third-order valence-corrected chi connectivity index (χ3v) is 3.38. The summed E-state index contributed by atoms with van der Waals surface area (Å²) >= 11 is 0. The minimum absolute atomic E-state index is 0.422. The van der Waals surface area contributed by atoms with E-state index in [2.05, 4.69) is 26.4 Å². The van der Waals surface area contributed by atoms with E-state index in [1.807, 2.05) is 24.9 Å². The lowest BCUT2D eigenvalue weighted by Crippen LogP contribution is -2.22. The van der Waals surface area contributed by atoms with Gasteiger partial charge < -0.3 is 4.42 Å². The Hall–Kier alpha value is -1.69. The topological polar surface area (TPSA) is 60.0 Å². The second-order valence-corrected chi connectivity index (χ2v) is 4.79. The van der Waals surface area contributed by atoms with Gasteiger partial charge in [-0.05, 0) is 19.4 Å². The van der Waals surface area contributed by atoms with E-state index in [0.29, 0.717) is 17.8 Å². The van der Waals surface area contributed by atoms with Crippen LogP contribution in [-0.4, -0.2) is 31.4 Å². The van der Waals surface area contributed by atoms with Crippen molar-refractivity contribution in [2.75, 3.05) is 6.54 Å². The molecule has 0 unspecified atom stereocenters. The fourth-order valence-electron chi connectivity index (χ4n) is 2.58. The summed E-state index contributed by atoms with van der Waals surface area (Å²) in [4.78, 5) is 2.38. The van der Waals surface area contributed by atoms with Crippen LogP contribution < -0.4 is 0 Å². The van der Waals surface area contributed by atoms with Crippen LogP contribution in [-0.2, 0) is 13.6 Å². The Bertz CT molecular complexity index is 532. The van der Waals surface area contributed by atoms with Gasteiger partial charge in [0.2, 0.25) is 11.8 Å². The van der Waals surface area contributed by atoms with Crippen molar-refractivity contribution in [3.63, 3.8) is 0 Å². The number of hydrogen-bond donors (Lipinski definition) is 0. The van der Waals surface area contributed by atoms with Crippen LogP contribution in [0.2, 0.25) is 0 Å². The Balaban J connectivity index is 1.75.